The van der Waals surface area contributed by atoms with Gasteiger partial charge in [0.1, 0.15) is 17.9 Å². The molecule has 4 rings (SSSR count). The van der Waals surface area contributed by atoms with Crippen LogP contribution in [0.5, 0.6) is 0 Å². The summed E-state index contributed by atoms with van der Waals surface area (Å²) in [5, 5.41) is 7.26. The highest BCUT2D eigenvalue weighted by Crippen LogP contribution is 2.29. The Morgan fingerprint density at radius 2 is 2.04 bits per heavy atom. The Balaban J connectivity index is 1.65. The lowest BCUT2D eigenvalue weighted by Crippen LogP contribution is -2.35. The number of aryl methyl sites for hydroxylation is 2. The number of nitrogens with one attached hydrogen (secondary N) is 1. The van der Waals surface area contributed by atoms with Gasteiger partial charge in [-0.05, 0) is 30.7 Å². The molecule has 0 saturated heterocycles. The second-order valence-corrected chi connectivity index (χ2v) is 7.68. The van der Waals surface area contributed by atoms with Crippen LogP contribution in [0.4, 0.5) is 0 Å². The predicted molar refractivity (Wildman–Crippen MR) is 110 cm³/mol. The van der Waals surface area contributed by atoms with Gasteiger partial charge < -0.3 is 5.32 Å². The minimum absolute atomic E-state index is 0.117. The summed E-state index contributed by atoms with van der Waals surface area (Å²) in [5.74, 6) is 0.496. The fraction of sp³-hybridized carbons (Fsp3) is 0.300. The molecule has 0 saturated carbocycles. The number of amides is 1. The molecule has 4 aromatic heterocycles. The van der Waals surface area contributed by atoms with Crippen LogP contribution >= 0.6 is 11.3 Å². The van der Waals surface area contributed by atoms with Crippen molar-refractivity contribution in [3.8, 4) is 0 Å². The lowest BCUT2D eigenvalue weighted by atomic mass is 10.3. The van der Waals surface area contributed by atoms with Crippen LogP contribution in [-0.4, -0.2) is 25.1 Å². The molecule has 0 aromatic carbocycles. The SMILES string of the molecule is CCc1cc2c(cc3c(=O)n(CC(=O)NCc4ccccn4)nc(CC)n32)s1. The number of fused-ring (bicyclic) bond motifs is 3. The molecule has 0 spiro atoms. The third-order valence-electron chi connectivity index (χ3n) is 4.64. The van der Waals surface area contributed by atoms with E-state index >= 15 is 0 Å². The Morgan fingerprint density at radius 3 is 2.75 bits per heavy atom. The van der Waals surface area contributed by atoms with Crippen LogP contribution < -0.4 is 10.9 Å². The topological polar surface area (TPSA) is 81.3 Å². The van der Waals surface area contributed by atoms with Crippen molar-refractivity contribution in [3.63, 3.8) is 0 Å². The number of aromatic nitrogens is 4. The summed E-state index contributed by atoms with van der Waals surface area (Å²) in [5.41, 5.74) is 2.09. The normalized spacial score (nSPS) is 11.4. The number of carbonyl (C=O) groups excluding carboxylic acids is 1. The molecule has 0 unspecified atom stereocenters. The van der Waals surface area contributed by atoms with E-state index < -0.39 is 0 Å². The van der Waals surface area contributed by atoms with Crippen molar-refractivity contribution in [2.24, 2.45) is 0 Å². The first kappa shape index (κ1) is 18.4. The van der Waals surface area contributed by atoms with Crippen LogP contribution in [0.3, 0.4) is 0 Å². The van der Waals surface area contributed by atoms with E-state index in [9.17, 15) is 9.59 Å². The fourth-order valence-corrected chi connectivity index (χ4v) is 4.26. The molecular weight excluding hydrogens is 374 g/mol. The van der Waals surface area contributed by atoms with Gasteiger partial charge in [0.2, 0.25) is 5.91 Å². The van der Waals surface area contributed by atoms with Crippen molar-refractivity contribution in [2.75, 3.05) is 0 Å². The van der Waals surface area contributed by atoms with Gasteiger partial charge in [0, 0.05) is 17.5 Å². The van der Waals surface area contributed by atoms with Gasteiger partial charge in [0.15, 0.2) is 0 Å². The van der Waals surface area contributed by atoms with Gasteiger partial charge in [-0.25, -0.2) is 4.68 Å². The molecule has 4 heterocycles. The Hall–Kier alpha value is -3.00. The van der Waals surface area contributed by atoms with Crippen LogP contribution in [0.15, 0.2) is 41.3 Å². The zero-order chi connectivity index (χ0) is 19.7. The first-order valence-corrected chi connectivity index (χ1v) is 10.1. The Kier molecular flexibility index (Phi) is 4.95. The molecule has 4 aromatic rings. The van der Waals surface area contributed by atoms with Gasteiger partial charge in [-0.15, -0.1) is 11.3 Å². The number of thiophene rings is 1. The highest BCUT2D eigenvalue weighted by molar-refractivity contribution is 7.19. The lowest BCUT2D eigenvalue weighted by Gasteiger charge is -2.10. The van der Waals surface area contributed by atoms with Crippen LogP contribution in [0.2, 0.25) is 0 Å². The number of carbonyl (C=O) groups is 1. The highest BCUT2D eigenvalue weighted by atomic mass is 32.1. The predicted octanol–water partition coefficient (Wildman–Crippen LogP) is 2.55. The van der Waals surface area contributed by atoms with E-state index in [0.29, 0.717) is 18.5 Å². The third-order valence-corrected chi connectivity index (χ3v) is 5.86. The zero-order valence-electron chi connectivity index (χ0n) is 15.8. The van der Waals surface area contributed by atoms with Crippen LogP contribution in [0, 0.1) is 0 Å². The molecule has 0 atom stereocenters. The monoisotopic (exact) mass is 395 g/mol. The van der Waals surface area contributed by atoms with E-state index in [4.69, 9.17) is 0 Å². The van der Waals surface area contributed by atoms with Gasteiger partial charge in [-0.3, -0.25) is 19.0 Å². The molecular formula is C20H21N5O2S. The van der Waals surface area contributed by atoms with Crippen LogP contribution in [0.25, 0.3) is 15.7 Å². The Bertz CT molecular complexity index is 1210. The average molecular weight is 395 g/mol. The summed E-state index contributed by atoms with van der Waals surface area (Å²) in [6.07, 6.45) is 3.30. The second kappa shape index (κ2) is 7.55. The maximum atomic E-state index is 12.9. The molecule has 0 aliphatic heterocycles. The van der Waals surface area contributed by atoms with E-state index in [1.54, 1.807) is 17.5 Å². The van der Waals surface area contributed by atoms with Crippen molar-refractivity contribution in [2.45, 2.75) is 39.8 Å². The molecule has 0 fully saturated rings. The molecule has 0 aliphatic carbocycles. The van der Waals surface area contributed by atoms with Crippen LogP contribution in [0.1, 0.15) is 30.2 Å². The summed E-state index contributed by atoms with van der Waals surface area (Å²) in [7, 11) is 0. The summed E-state index contributed by atoms with van der Waals surface area (Å²) in [4.78, 5) is 30.7. The fourth-order valence-electron chi connectivity index (χ4n) is 3.23. The van der Waals surface area contributed by atoms with Crippen LogP contribution in [-0.2, 0) is 30.7 Å². The number of rotatable bonds is 6. The first-order valence-electron chi connectivity index (χ1n) is 9.31. The first-order chi connectivity index (χ1) is 13.6. The number of hydrogen-bond acceptors (Lipinski definition) is 5. The van der Waals surface area contributed by atoms with E-state index in [0.717, 1.165) is 28.2 Å². The van der Waals surface area contributed by atoms with Crippen molar-refractivity contribution in [1.82, 2.24) is 24.5 Å². The summed E-state index contributed by atoms with van der Waals surface area (Å²) < 4.78 is 4.25. The Labute approximate surface area is 165 Å². The minimum atomic E-state index is -0.270. The summed E-state index contributed by atoms with van der Waals surface area (Å²) in [6.45, 7) is 4.32. The number of hydrogen-bond donors (Lipinski definition) is 1. The Morgan fingerprint density at radius 1 is 1.18 bits per heavy atom. The minimum Gasteiger partial charge on any atom is -0.349 e. The number of pyridine rings is 1. The molecule has 1 N–H and O–H groups in total. The number of nitrogens with zero attached hydrogens (tertiary/aromatic N) is 4. The van der Waals surface area contributed by atoms with Gasteiger partial charge in [-0.2, -0.15) is 5.10 Å². The maximum absolute atomic E-state index is 12.9. The quantitative estimate of drug-likeness (QED) is 0.544. The van der Waals surface area contributed by atoms with E-state index in [2.05, 4.69) is 28.4 Å². The van der Waals surface area contributed by atoms with E-state index in [1.807, 2.05) is 35.6 Å². The average Bonchev–Trinajstić information content (AvgIpc) is 3.27. The van der Waals surface area contributed by atoms with Gasteiger partial charge in [-0.1, -0.05) is 19.9 Å². The molecule has 8 heteroatoms. The summed E-state index contributed by atoms with van der Waals surface area (Å²) >= 11 is 1.69. The molecule has 0 aliphatic rings. The molecule has 0 radical (unpaired) electrons. The van der Waals surface area contributed by atoms with Crippen molar-refractivity contribution in [1.29, 1.82) is 0 Å². The second-order valence-electron chi connectivity index (χ2n) is 6.51. The highest BCUT2D eigenvalue weighted by Gasteiger charge is 2.17. The molecule has 28 heavy (non-hydrogen) atoms. The van der Waals surface area contributed by atoms with Gasteiger partial charge in [0.05, 0.1) is 22.5 Å². The van der Waals surface area contributed by atoms with Gasteiger partial charge >= 0.3 is 0 Å². The van der Waals surface area contributed by atoms with Crippen molar-refractivity contribution < 1.29 is 4.79 Å². The maximum Gasteiger partial charge on any atom is 0.291 e. The van der Waals surface area contributed by atoms with Crippen molar-refractivity contribution in [3.05, 3.63) is 63.3 Å². The lowest BCUT2D eigenvalue weighted by molar-refractivity contribution is -0.122. The largest absolute Gasteiger partial charge is 0.349 e. The standard InChI is InChI=1S/C20H21N5O2S/c1-3-14-9-15-17(28-14)10-16-20(27)24(23-18(4-2)25(15)16)12-19(26)22-11-13-7-5-6-8-21-13/h5-10H,3-4,11-12H2,1-2H3,(H,22,26). The molecule has 144 valence electrons. The molecule has 1 amide bonds. The summed E-state index contributed by atoms with van der Waals surface area (Å²) in [6, 6.07) is 9.55. The smallest absolute Gasteiger partial charge is 0.291 e. The van der Waals surface area contributed by atoms with Gasteiger partial charge in [0.25, 0.3) is 5.56 Å². The van der Waals surface area contributed by atoms with E-state index in [-0.39, 0.29) is 18.0 Å². The molecule has 7 nitrogen and oxygen atoms in total. The third kappa shape index (κ3) is 3.31. The van der Waals surface area contributed by atoms with Crippen molar-refractivity contribution >= 4 is 33.0 Å². The molecule has 0 bridgehead atoms. The van der Waals surface area contributed by atoms with E-state index in [1.165, 1.54) is 9.56 Å². The zero-order valence-corrected chi connectivity index (χ0v) is 16.6.